The number of halogens is 3. The molecule has 0 radical (unpaired) electrons. The zero-order valence-corrected chi connectivity index (χ0v) is 18.2. The Balaban J connectivity index is 1.39. The van der Waals surface area contributed by atoms with Crippen molar-refractivity contribution in [2.75, 3.05) is 0 Å². The van der Waals surface area contributed by atoms with Crippen molar-refractivity contribution < 1.29 is 13.2 Å². The third-order valence-corrected chi connectivity index (χ3v) is 7.05. The fourth-order valence-corrected chi connectivity index (χ4v) is 5.08. The van der Waals surface area contributed by atoms with Crippen LogP contribution in [0.1, 0.15) is 95.5 Å². The van der Waals surface area contributed by atoms with Gasteiger partial charge in [-0.25, -0.2) is 13.2 Å². The van der Waals surface area contributed by atoms with Gasteiger partial charge in [0.25, 0.3) is 0 Å². The summed E-state index contributed by atoms with van der Waals surface area (Å²) < 4.78 is 40.1. The number of rotatable bonds is 6. The Kier molecular flexibility index (Phi) is 8.91. The Morgan fingerprint density at radius 2 is 1.57 bits per heavy atom. The topological polar surface area (TPSA) is 0 Å². The molecule has 30 heavy (non-hydrogen) atoms. The van der Waals surface area contributed by atoms with Gasteiger partial charge in [-0.05, 0) is 92.9 Å². The van der Waals surface area contributed by atoms with E-state index in [1.807, 2.05) is 6.08 Å². The van der Waals surface area contributed by atoms with E-state index in [2.05, 4.69) is 24.8 Å². The predicted molar refractivity (Wildman–Crippen MR) is 118 cm³/mol. The molecule has 0 aromatic heterocycles. The van der Waals surface area contributed by atoms with Crippen molar-refractivity contribution in [1.29, 1.82) is 0 Å². The van der Waals surface area contributed by atoms with Crippen LogP contribution in [0.4, 0.5) is 13.2 Å². The first kappa shape index (κ1) is 23.0. The van der Waals surface area contributed by atoms with Gasteiger partial charge in [-0.15, -0.1) is 0 Å². The quantitative estimate of drug-likeness (QED) is 0.248. The highest BCUT2D eigenvalue weighted by Gasteiger charge is 2.23. The summed E-state index contributed by atoms with van der Waals surface area (Å²) in [5.41, 5.74) is 0.572. The van der Waals surface area contributed by atoms with E-state index in [-0.39, 0.29) is 5.92 Å². The first-order valence-corrected chi connectivity index (χ1v) is 11.9. The van der Waals surface area contributed by atoms with Gasteiger partial charge in [0.15, 0.2) is 17.5 Å². The lowest BCUT2D eigenvalue weighted by Gasteiger charge is -2.26. The molecule has 0 spiro atoms. The zero-order chi connectivity index (χ0) is 21.3. The van der Waals surface area contributed by atoms with E-state index in [4.69, 9.17) is 0 Å². The van der Waals surface area contributed by atoms with Gasteiger partial charge >= 0.3 is 0 Å². The molecule has 0 N–H and O–H groups in total. The molecular formula is C27H35F3. The molecule has 0 bridgehead atoms. The Hall–Kier alpha value is -1.69. The molecule has 0 saturated heterocycles. The highest BCUT2D eigenvalue weighted by molar-refractivity contribution is 5.25. The SMILES string of the molecule is CCCCCC1CCC(C=CC#CC2CCC(c3cc(F)c(F)c(F)c3)CC2)CC1. The van der Waals surface area contributed by atoms with Gasteiger partial charge in [0.1, 0.15) is 0 Å². The van der Waals surface area contributed by atoms with Gasteiger partial charge in [-0.3, -0.25) is 0 Å². The average molecular weight is 417 g/mol. The molecule has 0 amide bonds. The largest absolute Gasteiger partial charge is 0.204 e. The summed E-state index contributed by atoms with van der Waals surface area (Å²) >= 11 is 0. The van der Waals surface area contributed by atoms with Crippen molar-refractivity contribution in [3.05, 3.63) is 47.3 Å². The molecule has 2 aliphatic rings. The van der Waals surface area contributed by atoms with Crippen molar-refractivity contribution in [3.63, 3.8) is 0 Å². The number of benzene rings is 1. The van der Waals surface area contributed by atoms with Crippen molar-refractivity contribution in [1.82, 2.24) is 0 Å². The molecule has 1 aromatic carbocycles. The van der Waals surface area contributed by atoms with Crippen LogP contribution in [-0.4, -0.2) is 0 Å². The van der Waals surface area contributed by atoms with Gasteiger partial charge in [0.2, 0.25) is 0 Å². The summed E-state index contributed by atoms with van der Waals surface area (Å²) in [6.07, 6.45) is 18.7. The van der Waals surface area contributed by atoms with Gasteiger partial charge in [0.05, 0.1) is 0 Å². The molecule has 3 rings (SSSR count). The minimum atomic E-state index is -1.38. The summed E-state index contributed by atoms with van der Waals surface area (Å²) in [5.74, 6) is 5.09. The smallest absolute Gasteiger partial charge is 0.194 e. The van der Waals surface area contributed by atoms with Crippen LogP contribution in [0.3, 0.4) is 0 Å². The fraction of sp³-hybridized carbons (Fsp3) is 0.630. The third-order valence-electron chi connectivity index (χ3n) is 7.05. The van der Waals surface area contributed by atoms with Gasteiger partial charge in [0, 0.05) is 5.92 Å². The molecule has 2 saturated carbocycles. The molecule has 0 nitrogen and oxygen atoms in total. The van der Waals surface area contributed by atoms with Crippen LogP contribution in [0.5, 0.6) is 0 Å². The highest BCUT2D eigenvalue weighted by atomic mass is 19.2. The monoisotopic (exact) mass is 416 g/mol. The van der Waals surface area contributed by atoms with Gasteiger partial charge in [-0.2, -0.15) is 0 Å². The van der Waals surface area contributed by atoms with Crippen LogP contribution in [0.15, 0.2) is 24.3 Å². The molecule has 2 fully saturated rings. The number of hydrogen-bond donors (Lipinski definition) is 0. The van der Waals surface area contributed by atoms with Crippen molar-refractivity contribution in [3.8, 4) is 11.8 Å². The fourth-order valence-electron chi connectivity index (χ4n) is 5.08. The van der Waals surface area contributed by atoms with Crippen LogP contribution in [0, 0.1) is 47.0 Å². The molecule has 2 aliphatic carbocycles. The van der Waals surface area contributed by atoms with E-state index in [0.29, 0.717) is 17.4 Å². The summed E-state index contributed by atoms with van der Waals surface area (Å²) in [6, 6.07) is 2.30. The maximum absolute atomic E-state index is 13.5. The zero-order valence-electron chi connectivity index (χ0n) is 18.2. The Labute approximate surface area is 180 Å². The van der Waals surface area contributed by atoms with E-state index in [9.17, 15) is 13.2 Å². The standard InChI is InChI=1S/C27H35F3/c1-2-3-4-7-20-10-12-21(13-11-20)8-5-6-9-22-14-16-23(17-15-22)24-18-25(28)27(30)26(29)19-24/h5,8,18-23H,2-4,7,10-17H2,1H3. The molecule has 1 aromatic rings. The molecule has 3 heteroatoms. The minimum absolute atomic E-state index is 0.0932. The van der Waals surface area contributed by atoms with E-state index in [1.165, 1.54) is 51.4 Å². The molecule has 0 heterocycles. The van der Waals surface area contributed by atoms with Crippen molar-refractivity contribution in [2.24, 2.45) is 17.8 Å². The Morgan fingerprint density at radius 1 is 0.900 bits per heavy atom. The lowest BCUT2D eigenvalue weighted by molar-refractivity contribution is 0.289. The second-order valence-corrected chi connectivity index (χ2v) is 9.27. The molecular weight excluding hydrogens is 381 g/mol. The van der Waals surface area contributed by atoms with E-state index < -0.39 is 17.5 Å². The lowest BCUT2D eigenvalue weighted by Crippen LogP contribution is -2.13. The summed E-state index contributed by atoms with van der Waals surface area (Å²) in [4.78, 5) is 0. The van der Waals surface area contributed by atoms with E-state index in [1.54, 1.807) is 0 Å². The maximum Gasteiger partial charge on any atom is 0.194 e. The van der Waals surface area contributed by atoms with Crippen LogP contribution in [0.2, 0.25) is 0 Å². The number of unbranched alkanes of at least 4 members (excludes halogenated alkanes) is 2. The Bertz CT molecular complexity index is 731. The molecule has 0 aliphatic heterocycles. The van der Waals surface area contributed by atoms with Crippen LogP contribution in [0.25, 0.3) is 0 Å². The van der Waals surface area contributed by atoms with Crippen molar-refractivity contribution >= 4 is 0 Å². The average Bonchev–Trinajstić information content (AvgIpc) is 2.76. The predicted octanol–water partition coefficient (Wildman–Crippen LogP) is 8.32. The normalized spacial score (nSPS) is 27.1. The summed E-state index contributed by atoms with van der Waals surface area (Å²) in [7, 11) is 0. The van der Waals surface area contributed by atoms with E-state index >= 15 is 0 Å². The van der Waals surface area contributed by atoms with Crippen molar-refractivity contribution in [2.45, 2.75) is 89.9 Å². The maximum atomic E-state index is 13.5. The first-order valence-electron chi connectivity index (χ1n) is 11.9. The second kappa shape index (κ2) is 11.6. The minimum Gasteiger partial charge on any atom is -0.204 e. The summed E-state index contributed by atoms with van der Waals surface area (Å²) in [6.45, 7) is 2.27. The molecule has 0 atom stereocenters. The number of hydrogen-bond acceptors (Lipinski definition) is 0. The van der Waals surface area contributed by atoms with Gasteiger partial charge < -0.3 is 0 Å². The van der Waals surface area contributed by atoms with Gasteiger partial charge in [-0.1, -0.05) is 50.5 Å². The van der Waals surface area contributed by atoms with E-state index in [0.717, 1.165) is 43.7 Å². The van der Waals surface area contributed by atoms with Crippen LogP contribution < -0.4 is 0 Å². The van der Waals surface area contributed by atoms with Crippen LogP contribution in [-0.2, 0) is 0 Å². The molecule has 164 valence electrons. The second-order valence-electron chi connectivity index (χ2n) is 9.27. The Morgan fingerprint density at radius 3 is 2.20 bits per heavy atom. The van der Waals surface area contributed by atoms with Crippen LogP contribution >= 0.6 is 0 Å². The third kappa shape index (κ3) is 6.66. The summed E-state index contributed by atoms with van der Waals surface area (Å²) in [5, 5.41) is 0. The number of allylic oxidation sites excluding steroid dienone is 2. The lowest BCUT2D eigenvalue weighted by atomic mass is 9.79. The first-order chi connectivity index (χ1) is 14.6. The highest BCUT2D eigenvalue weighted by Crippen LogP contribution is 2.36. The molecule has 0 unspecified atom stereocenters.